The molecule has 0 N–H and O–H groups in total. The normalized spacial score (nSPS) is 11.4. The standard InChI is InChI=1S/C9H8F3O/c1-2-7-3-5-8(6-4-7)13-9(10,11)12/h3-6H,1-2H2. The van der Waals surface area contributed by atoms with Gasteiger partial charge >= 0.3 is 6.36 Å². The van der Waals surface area contributed by atoms with Gasteiger partial charge in [0.05, 0.1) is 0 Å². The highest BCUT2D eigenvalue weighted by Crippen LogP contribution is 2.22. The minimum absolute atomic E-state index is 0.204. The van der Waals surface area contributed by atoms with Crippen molar-refractivity contribution in [2.75, 3.05) is 0 Å². The maximum Gasteiger partial charge on any atom is 0.573 e. The fraction of sp³-hybridized carbons (Fsp3) is 0.222. The fourth-order valence-corrected chi connectivity index (χ4v) is 0.858. The molecule has 0 unspecified atom stereocenters. The summed E-state index contributed by atoms with van der Waals surface area (Å²) in [6, 6.07) is 5.64. The van der Waals surface area contributed by atoms with E-state index in [4.69, 9.17) is 0 Å². The van der Waals surface area contributed by atoms with Gasteiger partial charge in [0, 0.05) is 0 Å². The minimum atomic E-state index is -4.62. The molecule has 1 aromatic rings. The van der Waals surface area contributed by atoms with Crippen LogP contribution in [0.1, 0.15) is 5.56 Å². The Balaban J connectivity index is 2.70. The molecule has 71 valence electrons. The van der Waals surface area contributed by atoms with Crippen molar-refractivity contribution in [3.63, 3.8) is 0 Å². The molecule has 0 spiro atoms. The molecule has 13 heavy (non-hydrogen) atoms. The second kappa shape index (κ2) is 3.68. The van der Waals surface area contributed by atoms with Gasteiger partial charge in [-0.05, 0) is 31.0 Å². The first-order chi connectivity index (χ1) is 6.01. The van der Waals surface area contributed by atoms with E-state index in [1.165, 1.54) is 12.1 Å². The third-order valence-electron chi connectivity index (χ3n) is 1.45. The molecule has 0 aromatic heterocycles. The maximum atomic E-state index is 11.7. The predicted octanol–water partition coefficient (Wildman–Crippen LogP) is 2.96. The first kappa shape index (κ1) is 9.89. The Morgan fingerprint density at radius 2 is 1.69 bits per heavy atom. The number of benzene rings is 1. The van der Waals surface area contributed by atoms with Crippen LogP contribution in [-0.4, -0.2) is 6.36 Å². The lowest BCUT2D eigenvalue weighted by Crippen LogP contribution is -2.16. The molecule has 0 fully saturated rings. The zero-order valence-corrected chi connectivity index (χ0v) is 6.77. The summed E-state index contributed by atoms with van der Waals surface area (Å²) in [5.74, 6) is -0.204. The summed E-state index contributed by atoms with van der Waals surface area (Å²) in [5.41, 5.74) is 0.870. The Hall–Kier alpha value is -1.19. The van der Waals surface area contributed by atoms with Crippen molar-refractivity contribution in [3.05, 3.63) is 36.8 Å². The van der Waals surface area contributed by atoms with Crippen LogP contribution in [0.5, 0.6) is 5.75 Å². The number of ether oxygens (including phenoxy) is 1. The van der Waals surface area contributed by atoms with E-state index in [-0.39, 0.29) is 5.75 Å². The van der Waals surface area contributed by atoms with E-state index in [1.54, 1.807) is 12.1 Å². The molecule has 0 aliphatic carbocycles. The summed E-state index contributed by atoms with van der Waals surface area (Å²) in [6.45, 7) is 3.60. The molecule has 0 amide bonds. The van der Waals surface area contributed by atoms with Gasteiger partial charge in [-0.2, -0.15) is 0 Å². The van der Waals surface area contributed by atoms with Crippen molar-refractivity contribution < 1.29 is 17.9 Å². The van der Waals surface area contributed by atoms with Gasteiger partial charge in [-0.1, -0.05) is 12.1 Å². The molecule has 0 aliphatic heterocycles. The van der Waals surface area contributed by atoms with Gasteiger partial charge < -0.3 is 4.74 Å². The molecule has 0 atom stereocenters. The van der Waals surface area contributed by atoms with Crippen LogP contribution >= 0.6 is 0 Å². The second-order valence-electron chi connectivity index (χ2n) is 2.44. The average Bonchev–Trinajstić information content (AvgIpc) is 2.03. The van der Waals surface area contributed by atoms with Crippen LogP contribution in [0.3, 0.4) is 0 Å². The van der Waals surface area contributed by atoms with Gasteiger partial charge in [0.1, 0.15) is 5.75 Å². The molecule has 1 aromatic carbocycles. The van der Waals surface area contributed by atoms with Crippen molar-refractivity contribution in [1.82, 2.24) is 0 Å². The first-order valence-corrected chi connectivity index (χ1v) is 3.65. The maximum absolute atomic E-state index is 11.7. The van der Waals surface area contributed by atoms with Crippen molar-refractivity contribution in [3.8, 4) is 5.75 Å². The van der Waals surface area contributed by atoms with Gasteiger partial charge in [-0.25, -0.2) is 0 Å². The Morgan fingerprint density at radius 3 is 2.08 bits per heavy atom. The average molecular weight is 189 g/mol. The van der Waals surface area contributed by atoms with Gasteiger partial charge in [0.25, 0.3) is 0 Å². The zero-order valence-electron chi connectivity index (χ0n) is 6.77. The van der Waals surface area contributed by atoms with E-state index in [2.05, 4.69) is 11.7 Å². The van der Waals surface area contributed by atoms with Crippen LogP contribution in [0, 0.1) is 6.92 Å². The van der Waals surface area contributed by atoms with Crippen molar-refractivity contribution in [1.29, 1.82) is 0 Å². The summed E-state index contributed by atoms with van der Waals surface area (Å²) in [7, 11) is 0. The summed E-state index contributed by atoms with van der Waals surface area (Å²) in [5, 5.41) is 0. The SMILES string of the molecule is [CH2]Cc1ccc(OC(F)(F)F)cc1. The molecule has 0 aliphatic rings. The van der Waals surface area contributed by atoms with E-state index in [0.717, 1.165) is 5.56 Å². The van der Waals surface area contributed by atoms with Crippen molar-refractivity contribution in [2.45, 2.75) is 12.8 Å². The largest absolute Gasteiger partial charge is 0.573 e. The smallest absolute Gasteiger partial charge is 0.406 e. The van der Waals surface area contributed by atoms with E-state index in [0.29, 0.717) is 6.42 Å². The van der Waals surface area contributed by atoms with Crippen LogP contribution in [-0.2, 0) is 6.42 Å². The summed E-state index contributed by atoms with van der Waals surface area (Å²) in [4.78, 5) is 0. The van der Waals surface area contributed by atoms with Crippen LogP contribution in [0.4, 0.5) is 13.2 Å². The monoisotopic (exact) mass is 189 g/mol. The molecule has 0 saturated carbocycles. The number of rotatable bonds is 2. The third-order valence-corrected chi connectivity index (χ3v) is 1.45. The van der Waals surface area contributed by atoms with Crippen molar-refractivity contribution >= 4 is 0 Å². The third kappa shape index (κ3) is 3.36. The molecule has 1 nitrogen and oxygen atoms in total. The molecule has 0 saturated heterocycles. The number of alkyl halides is 3. The lowest BCUT2D eigenvalue weighted by Gasteiger charge is -2.08. The van der Waals surface area contributed by atoms with E-state index in [1.807, 2.05) is 0 Å². The molecule has 0 heterocycles. The predicted molar refractivity (Wildman–Crippen MR) is 42.2 cm³/mol. The zero-order chi connectivity index (χ0) is 9.90. The molecular weight excluding hydrogens is 181 g/mol. The highest BCUT2D eigenvalue weighted by Gasteiger charge is 2.30. The molecular formula is C9H8F3O. The van der Waals surface area contributed by atoms with Gasteiger partial charge in [0.2, 0.25) is 0 Å². The van der Waals surface area contributed by atoms with E-state index < -0.39 is 6.36 Å². The summed E-state index contributed by atoms with van der Waals surface area (Å²) in [6.07, 6.45) is -4.07. The highest BCUT2D eigenvalue weighted by molar-refractivity contribution is 5.27. The van der Waals surface area contributed by atoms with Gasteiger partial charge in [0.15, 0.2) is 0 Å². The van der Waals surface area contributed by atoms with Crippen LogP contribution in [0.15, 0.2) is 24.3 Å². The quantitative estimate of drug-likeness (QED) is 0.694. The number of hydrogen-bond acceptors (Lipinski definition) is 1. The Morgan fingerprint density at radius 1 is 1.15 bits per heavy atom. The summed E-state index contributed by atoms with van der Waals surface area (Å²) >= 11 is 0. The molecule has 4 heteroatoms. The second-order valence-corrected chi connectivity index (χ2v) is 2.44. The molecule has 1 radical (unpaired) electrons. The van der Waals surface area contributed by atoms with Crippen molar-refractivity contribution in [2.24, 2.45) is 0 Å². The van der Waals surface area contributed by atoms with Crippen LogP contribution in [0.2, 0.25) is 0 Å². The lowest BCUT2D eigenvalue weighted by atomic mass is 10.2. The van der Waals surface area contributed by atoms with Crippen LogP contribution < -0.4 is 4.74 Å². The Kier molecular flexibility index (Phi) is 2.80. The Labute approximate surface area is 74.1 Å². The molecule has 0 bridgehead atoms. The fourth-order valence-electron chi connectivity index (χ4n) is 0.858. The lowest BCUT2D eigenvalue weighted by molar-refractivity contribution is -0.274. The minimum Gasteiger partial charge on any atom is -0.406 e. The Bertz CT molecular complexity index is 263. The topological polar surface area (TPSA) is 9.23 Å². The van der Waals surface area contributed by atoms with Crippen LogP contribution in [0.25, 0.3) is 0 Å². The number of hydrogen-bond donors (Lipinski definition) is 0. The van der Waals surface area contributed by atoms with E-state index in [9.17, 15) is 13.2 Å². The van der Waals surface area contributed by atoms with Gasteiger partial charge in [-0.3, -0.25) is 0 Å². The number of halogens is 3. The molecule has 1 rings (SSSR count). The first-order valence-electron chi connectivity index (χ1n) is 3.65. The highest BCUT2D eigenvalue weighted by atomic mass is 19.4. The summed E-state index contributed by atoms with van der Waals surface area (Å²) < 4.78 is 38.7. The van der Waals surface area contributed by atoms with E-state index >= 15 is 0 Å². The van der Waals surface area contributed by atoms with Gasteiger partial charge in [-0.15, -0.1) is 13.2 Å².